The Hall–Kier alpha value is -1.45. The van der Waals surface area contributed by atoms with Crippen molar-refractivity contribution in [3.8, 4) is 0 Å². The summed E-state index contributed by atoms with van der Waals surface area (Å²) in [4.78, 5) is 10.8. The molecule has 0 amide bonds. The predicted octanol–water partition coefficient (Wildman–Crippen LogP) is -1.47. The molecule has 17 heavy (non-hydrogen) atoms. The second-order valence-electron chi connectivity index (χ2n) is 3.32. The Morgan fingerprint density at radius 1 is 1.65 bits per heavy atom. The van der Waals surface area contributed by atoms with Crippen molar-refractivity contribution >= 4 is 16.0 Å². The van der Waals surface area contributed by atoms with E-state index in [1.165, 1.54) is 19.3 Å². The van der Waals surface area contributed by atoms with Gasteiger partial charge in [-0.05, 0) is 12.5 Å². The number of aliphatic hydroxyl groups is 1. The van der Waals surface area contributed by atoms with E-state index in [2.05, 4.69) is 5.10 Å². The molecule has 8 nitrogen and oxygen atoms in total. The van der Waals surface area contributed by atoms with Crippen molar-refractivity contribution in [1.82, 2.24) is 14.5 Å². The van der Waals surface area contributed by atoms with Crippen LogP contribution in [0.3, 0.4) is 0 Å². The van der Waals surface area contributed by atoms with Gasteiger partial charge in [0.05, 0.1) is 6.20 Å². The maximum atomic E-state index is 11.8. The van der Waals surface area contributed by atoms with Gasteiger partial charge in [-0.1, -0.05) is 0 Å². The summed E-state index contributed by atoms with van der Waals surface area (Å²) in [7, 11) is -2.53. The summed E-state index contributed by atoms with van der Waals surface area (Å²) < 4.78 is 26.7. The number of rotatable bonds is 6. The lowest BCUT2D eigenvalue weighted by atomic mass is 10.2. The fraction of sp³-hybridized carbons (Fsp3) is 0.500. The molecule has 3 N–H and O–H groups in total. The Morgan fingerprint density at radius 3 is 2.71 bits per heavy atom. The second kappa shape index (κ2) is 5.25. The minimum absolute atomic E-state index is 0.137. The van der Waals surface area contributed by atoms with Crippen molar-refractivity contribution in [3.63, 3.8) is 0 Å². The van der Waals surface area contributed by atoms with Gasteiger partial charge >= 0.3 is 5.97 Å². The molecule has 0 aliphatic heterocycles. The average Bonchev–Trinajstić information content (AvgIpc) is 2.64. The summed E-state index contributed by atoms with van der Waals surface area (Å²) in [6, 6.07) is -0.111. The molecule has 1 aromatic rings. The van der Waals surface area contributed by atoms with Gasteiger partial charge in [0.25, 0.3) is 10.0 Å². The molecule has 0 saturated heterocycles. The predicted molar refractivity (Wildman–Crippen MR) is 56.7 cm³/mol. The number of aromatic nitrogens is 2. The summed E-state index contributed by atoms with van der Waals surface area (Å²) in [5, 5.41) is 21.0. The van der Waals surface area contributed by atoms with Crippen LogP contribution < -0.4 is 4.72 Å². The largest absolute Gasteiger partial charge is 0.480 e. The van der Waals surface area contributed by atoms with Crippen LogP contribution in [0.15, 0.2) is 17.3 Å². The van der Waals surface area contributed by atoms with E-state index in [0.29, 0.717) is 0 Å². The highest BCUT2D eigenvalue weighted by molar-refractivity contribution is 7.89. The molecule has 1 aromatic heterocycles. The summed E-state index contributed by atoms with van der Waals surface area (Å²) >= 11 is 0. The van der Waals surface area contributed by atoms with Crippen molar-refractivity contribution in [2.75, 3.05) is 6.61 Å². The lowest BCUT2D eigenvalue weighted by Gasteiger charge is -2.13. The number of sulfonamides is 1. The van der Waals surface area contributed by atoms with Crippen LogP contribution in [0.2, 0.25) is 0 Å². The van der Waals surface area contributed by atoms with Crippen LogP contribution in [0, 0.1) is 0 Å². The maximum Gasteiger partial charge on any atom is 0.321 e. The van der Waals surface area contributed by atoms with Crippen LogP contribution in [0.1, 0.15) is 6.42 Å². The Morgan fingerprint density at radius 2 is 2.29 bits per heavy atom. The summed E-state index contributed by atoms with van der Waals surface area (Å²) in [6.07, 6.45) is 1.09. The minimum atomic E-state index is -3.96. The van der Waals surface area contributed by atoms with Gasteiger partial charge in [-0.25, -0.2) is 8.42 Å². The summed E-state index contributed by atoms with van der Waals surface area (Å²) in [5.41, 5.74) is 0. The van der Waals surface area contributed by atoms with Crippen LogP contribution in [-0.2, 0) is 21.9 Å². The summed E-state index contributed by atoms with van der Waals surface area (Å²) in [6.45, 7) is -0.426. The van der Waals surface area contributed by atoms with Crippen molar-refractivity contribution in [3.05, 3.63) is 12.3 Å². The highest BCUT2D eigenvalue weighted by atomic mass is 32.2. The van der Waals surface area contributed by atoms with Gasteiger partial charge in [-0.2, -0.15) is 9.82 Å². The summed E-state index contributed by atoms with van der Waals surface area (Å²) in [5.74, 6) is -1.34. The highest BCUT2D eigenvalue weighted by Gasteiger charge is 2.26. The lowest BCUT2D eigenvalue weighted by molar-refractivity contribution is -0.139. The fourth-order valence-electron chi connectivity index (χ4n) is 1.23. The first-order valence-corrected chi connectivity index (χ1v) is 6.21. The number of hydrogen-bond acceptors (Lipinski definition) is 5. The molecule has 0 aromatic carbocycles. The smallest absolute Gasteiger partial charge is 0.321 e. The zero-order valence-electron chi connectivity index (χ0n) is 9.07. The second-order valence-corrected chi connectivity index (χ2v) is 4.98. The van der Waals surface area contributed by atoms with Crippen molar-refractivity contribution in [2.45, 2.75) is 17.5 Å². The molecule has 0 radical (unpaired) electrons. The van der Waals surface area contributed by atoms with Crippen LogP contribution in [0.25, 0.3) is 0 Å². The molecule has 0 aliphatic rings. The number of nitrogens with zero attached hydrogens (tertiary/aromatic N) is 2. The van der Waals surface area contributed by atoms with Gasteiger partial charge in [0.15, 0.2) is 5.03 Å². The topological polar surface area (TPSA) is 122 Å². The first-order valence-electron chi connectivity index (χ1n) is 4.72. The van der Waals surface area contributed by atoms with E-state index in [-0.39, 0.29) is 11.4 Å². The molecule has 1 heterocycles. The number of aliphatic carboxylic acids is 1. The van der Waals surface area contributed by atoms with Crippen molar-refractivity contribution in [1.29, 1.82) is 0 Å². The number of hydrogen-bond donors (Lipinski definition) is 3. The molecule has 96 valence electrons. The monoisotopic (exact) mass is 263 g/mol. The van der Waals surface area contributed by atoms with E-state index < -0.39 is 28.6 Å². The first-order chi connectivity index (χ1) is 7.88. The van der Waals surface area contributed by atoms with Crippen LogP contribution >= 0.6 is 0 Å². The van der Waals surface area contributed by atoms with E-state index in [9.17, 15) is 13.2 Å². The number of carbonyl (C=O) groups is 1. The molecular formula is C8H13N3O5S. The molecular weight excluding hydrogens is 250 g/mol. The number of aliphatic hydroxyl groups excluding tert-OH is 1. The average molecular weight is 263 g/mol. The third-order valence-corrected chi connectivity index (χ3v) is 3.61. The number of carboxylic acid groups (broad SMARTS) is 1. The number of carboxylic acids is 1. The van der Waals surface area contributed by atoms with E-state index in [1.54, 1.807) is 0 Å². The van der Waals surface area contributed by atoms with E-state index in [0.717, 1.165) is 4.68 Å². The van der Waals surface area contributed by atoms with Gasteiger partial charge in [-0.15, -0.1) is 0 Å². The molecule has 0 unspecified atom stereocenters. The van der Waals surface area contributed by atoms with E-state index >= 15 is 0 Å². The van der Waals surface area contributed by atoms with Gasteiger partial charge < -0.3 is 10.2 Å². The standard InChI is InChI=1S/C8H13N3O5S/c1-11-7(2-4-9-11)17(15,16)10-6(3-5-12)8(13)14/h2,4,6,10,12H,3,5H2,1H3,(H,13,14)/t6-/m0/s1. The molecule has 0 saturated carbocycles. The Bertz CT molecular complexity index is 495. The van der Waals surface area contributed by atoms with Gasteiger partial charge in [-0.3, -0.25) is 9.48 Å². The quantitative estimate of drug-likeness (QED) is 0.576. The van der Waals surface area contributed by atoms with E-state index in [1.807, 2.05) is 4.72 Å². The third kappa shape index (κ3) is 3.25. The maximum absolute atomic E-state index is 11.8. The van der Waals surface area contributed by atoms with Crippen LogP contribution in [0.4, 0.5) is 0 Å². The molecule has 1 rings (SSSR count). The highest BCUT2D eigenvalue weighted by Crippen LogP contribution is 2.07. The normalized spacial score (nSPS) is 13.5. The Kier molecular flexibility index (Phi) is 4.21. The fourth-order valence-corrected chi connectivity index (χ4v) is 2.58. The number of aryl methyl sites for hydroxylation is 1. The number of nitrogens with one attached hydrogen (secondary N) is 1. The Balaban J connectivity index is 2.93. The zero-order valence-corrected chi connectivity index (χ0v) is 9.88. The third-order valence-electron chi connectivity index (χ3n) is 2.06. The Labute approximate surface area is 97.9 Å². The van der Waals surface area contributed by atoms with Crippen LogP contribution in [-0.4, -0.2) is 47.0 Å². The van der Waals surface area contributed by atoms with Crippen molar-refractivity contribution in [2.24, 2.45) is 7.05 Å². The molecule has 0 fully saturated rings. The van der Waals surface area contributed by atoms with Crippen molar-refractivity contribution < 1.29 is 23.4 Å². The minimum Gasteiger partial charge on any atom is -0.480 e. The van der Waals surface area contributed by atoms with Gasteiger partial charge in [0.2, 0.25) is 0 Å². The van der Waals surface area contributed by atoms with Crippen LogP contribution in [0.5, 0.6) is 0 Å². The first kappa shape index (κ1) is 13.6. The lowest BCUT2D eigenvalue weighted by Crippen LogP contribution is -2.41. The SMILES string of the molecule is Cn1nccc1S(=O)(=O)N[C@@H](CCO)C(=O)O. The molecule has 0 aliphatic carbocycles. The molecule has 9 heteroatoms. The zero-order chi connectivity index (χ0) is 13.1. The van der Waals surface area contributed by atoms with E-state index in [4.69, 9.17) is 10.2 Å². The molecule has 0 spiro atoms. The van der Waals surface area contributed by atoms with Gasteiger partial charge in [0, 0.05) is 13.7 Å². The molecule has 1 atom stereocenters. The van der Waals surface area contributed by atoms with Gasteiger partial charge in [0.1, 0.15) is 6.04 Å². The molecule has 0 bridgehead atoms.